The van der Waals surface area contributed by atoms with Crippen molar-refractivity contribution >= 4 is 41.0 Å². The molecular formula is C28H34N6O4. The highest BCUT2D eigenvalue weighted by atomic mass is 16.2. The molecule has 0 saturated carbocycles. The number of rotatable bonds is 6. The van der Waals surface area contributed by atoms with Crippen molar-refractivity contribution < 1.29 is 19.2 Å². The van der Waals surface area contributed by atoms with Crippen LogP contribution >= 0.6 is 0 Å². The molecular weight excluding hydrogens is 484 g/mol. The van der Waals surface area contributed by atoms with Gasteiger partial charge in [-0.2, -0.15) is 0 Å². The van der Waals surface area contributed by atoms with E-state index in [1.165, 1.54) is 6.92 Å². The number of hydrogen-bond donors (Lipinski definition) is 3. The van der Waals surface area contributed by atoms with Gasteiger partial charge in [-0.1, -0.05) is 24.3 Å². The van der Waals surface area contributed by atoms with Gasteiger partial charge in [0, 0.05) is 43.5 Å². The highest BCUT2D eigenvalue weighted by Crippen LogP contribution is 2.19. The second-order valence-corrected chi connectivity index (χ2v) is 9.54. The van der Waals surface area contributed by atoms with Crippen LogP contribution in [0.4, 0.5) is 11.4 Å². The third kappa shape index (κ3) is 7.41. The van der Waals surface area contributed by atoms with Crippen molar-refractivity contribution in [2.24, 2.45) is 4.99 Å². The van der Waals surface area contributed by atoms with E-state index >= 15 is 0 Å². The predicted octanol–water partition coefficient (Wildman–Crippen LogP) is 2.85. The zero-order chi connectivity index (χ0) is 26.9. The summed E-state index contributed by atoms with van der Waals surface area (Å²) in [6.07, 6.45) is 4.04. The lowest BCUT2D eigenvalue weighted by Crippen LogP contribution is -2.45. The summed E-state index contributed by atoms with van der Waals surface area (Å²) in [4.78, 5) is 58.7. The van der Waals surface area contributed by atoms with Crippen molar-refractivity contribution in [3.63, 3.8) is 0 Å². The quantitative estimate of drug-likeness (QED) is 0.401. The van der Waals surface area contributed by atoms with E-state index < -0.39 is 6.04 Å². The van der Waals surface area contributed by atoms with Crippen molar-refractivity contribution in [1.29, 1.82) is 0 Å². The second-order valence-electron chi connectivity index (χ2n) is 9.54. The Kier molecular flexibility index (Phi) is 9.07. The van der Waals surface area contributed by atoms with Gasteiger partial charge in [-0.25, -0.2) is 4.99 Å². The van der Waals surface area contributed by atoms with Gasteiger partial charge in [0.05, 0.1) is 6.54 Å². The molecule has 3 N–H and O–H groups in total. The van der Waals surface area contributed by atoms with Gasteiger partial charge in [0.1, 0.15) is 6.04 Å². The number of nitrogens with zero attached hydrogens (tertiary/aromatic N) is 3. The van der Waals surface area contributed by atoms with Gasteiger partial charge in [0.2, 0.25) is 23.7 Å². The first-order chi connectivity index (χ1) is 18.4. The van der Waals surface area contributed by atoms with Gasteiger partial charge in [0.15, 0.2) is 0 Å². The van der Waals surface area contributed by atoms with Crippen LogP contribution in [-0.4, -0.2) is 71.6 Å². The number of likely N-dealkylation sites (tertiary alicyclic amines) is 2. The van der Waals surface area contributed by atoms with Crippen LogP contribution in [0, 0.1) is 0 Å². The van der Waals surface area contributed by atoms with E-state index in [2.05, 4.69) is 20.9 Å². The topological polar surface area (TPSA) is 123 Å². The zero-order valence-corrected chi connectivity index (χ0v) is 21.6. The second kappa shape index (κ2) is 12.8. The number of benzene rings is 2. The summed E-state index contributed by atoms with van der Waals surface area (Å²) in [5, 5.41) is 8.63. The Labute approximate surface area is 222 Å². The molecule has 0 spiro atoms. The first-order valence-electron chi connectivity index (χ1n) is 13.0. The number of carbonyl (C=O) groups excluding carboxylic acids is 4. The molecule has 2 heterocycles. The Morgan fingerprint density at radius 3 is 2.29 bits per heavy atom. The molecule has 2 aromatic rings. The minimum atomic E-state index is -0.749. The maximum Gasteiger partial charge on any atom is 0.257 e. The van der Waals surface area contributed by atoms with Gasteiger partial charge in [-0.15, -0.1) is 0 Å². The molecule has 10 heteroatoms. The lowest BCUT2D eigenvalue weighted by molar-refractivity contribution is -0.140. The number of hydrogen-bond acceptors (Lipinski definition) is 5. The summed E-state index contributed by atoms with van der Waals surface area (Å²) in [7, 11) is 0. The van der Waals surface area contributed by atoms with Crippen molar-refractivity contribution in [3.8, 4) is 0 Å². The number of aliphatic imine (C=N–C) groups is 1. The molecule has 2 aromatic carbocycles. The molecule has 4 amide bonds. The summed E-state index contributed by atoms with van der Waals surface area (Å²) in [5.74, 6) is -0.732. The van der Waals surface area contributed by atoms with Crippen molar-refractivity contribution in [2.75, 3.05) is 36.8 Å². The molecule has 38 heavy (non-hydrogen) atoms. The Morgan fingerprint density at radius 1 is 0.895 bits per heavy atom. The number of guanidine groups is 1. The number of amides is 4. The smallest absolute Gasteiger partial charge is 0.257 e. The summed E-state index contributed by atoms with van der Waals surface area (Å²) in [5.41, 5.74) is 1.60. The predicted molar refractivity (Wildman–Crippen MR) is 146 cm³/mol. The third-order valence-electron chi connectivity index (χ3n) is 6.54. The number of anilines is 2. The number of carbonyl (C=O) groups is 4. The van der Waals surface area contributed by atoms with E-state index in [4.69, 9.17) is 0 Å². The van der Waals surface area contributed by atoms with Crippen LogP contribution < -0.4 is 16.0 Å². The fraction of sp³-hybridized carbons (Fsp3) is 0.393. The summed E-state index contributed by atoms with van der Waals surface area (Å²) < 4.78 is 0. The molecule has 10 nitrogen and oxygen atoms in total. The Balaban J connectivity index is 1.56. The average Bonchev–Trinajstić information content (AvgIpc) is 3.39. The van der Waals surface area contributed by atoms with Gasteiger partial charge in [-0.05, 0) is 62.4 Å². The maximum absolute atomic E-state index is 13.5. The first-order valence-corrected chi connectivity index (χ1v) is 13.0. The summed E-state index contributed by atoms with van der Waals surface area (Å²) in [6.45, 7) is 3.44. The fourth-order valence-electron chi connectivity index (χ4n) is 4.63. The van der Waals surface area contributed by atoms with Crippen LogP contribution in [0.2, 0.25) is 0 Å². The van der Waals surface area contributed by atoms with Crippen LogP contribution in [0.15, 0.2) is 59.6 Å². The first kappa shape index (κ1) is 26.8. The third-order valence-corrected chi connectivity index (χ3v) is 6.54. The van der Waals surface area contributed by atoms with E-state index in [9.17, 15) is 19.2 Å². The van der Waals surface area contributed by atoms with Crippen LogP contribution in [0.1, 0.15) is 49.4 Å². The number of nitrogens with one attached hydrogen (secondary N) is 3. The molecule has 1 atom stereocenters. The molecule has 2 aliphatic rings. The zero-order valence-electron chi connectivity index (χ0n) is 21.6. The highest BCUT2D eigenvalue weighted by Gasteiger charge is 2.30. The van der Waals surface area contributed by atoms with E-state index in [-0.39, 0.29) is 36.1 Å². The van der Waals surface area contributed by atoms with Gasteiger partial charge in [0.25, 0.3) is 5.91 Å². The highest BCUT2D eigenvalue weighted by molar-refractivity contribution is 6.10. The van der Waals surface area contributed by atoms with E-state index in [0.717, 1.165) is 38.8 Å². The van der Waals surface area contributed by atoms with Crippen LogP contribution in [0.25, 0.3) is 0 Å². The molecule has 0 bridgehead atoms. The van der Waals surface area contributed by atoms with Crippen LogP contribution in [0.5, 0.6) is 0 Å². The van der Waals surface area contributed by atoms with Crippen molar-refractivity contribution in [2.45, 2.75) is 45.1 Å². The van der Waals surface area contributed by atoms with Gasteiger partial charge >= 0.3 is 0 Å². The molecule has 0 aliphatic carbocycles. The van der Waals surface area contributed by atoms with E-state index in [1.54, 1.807) is 53.4 Å². The van der Waals surface area contributed by atoms with Crippen LogP contribution in [-0.2, 0) is 14.4 Å². The summed E-state index contributed by atoms with van der Waals surface area (Å²) in [6, 6.07) is 15.0. The fourth-order valence-corrected chi connectivity index (χ4v) is 4.63. The molecule has 2 fully saturated rings. The lowest BCUT2D eigenvalue weighted by atomic mass is 10.1. The van der Waals surface area contributed by atoms with Gasteiger partial charge < -0.3 is 20.4 Å². The Morgan fingerprint density at radius 2 is 1.58 bits per heavy atom. The molecule has 0 radical (unpaired) electrons. The SMILES string of the molecule is CC(=O)Nc1cccc(NC(=NC2CCCCN(CC(=O)N3CCCC3)C2=O)NC(=O)c2ccccc2)c1. The average molecular weight is 519 g/mol. The minimum Gasteiger partial charge on any atom is -0.341 e. The molecule has 1 unspecified atom stereocenters. The molecule has 0 aromatic heterocycles. The summed E-state index contributed by atoms with van der Waals surface area (Å²) >= 11 is 0. The normalized spacial score (nSPS) is 18.1. The monoisotopic (exact) mass is 518 g/mol. The van der Waals surface area contributed by atoms with Gasteiger partial charge in [-0.3, -0.25) is 24.5 Å². The van der Waals surface area contributed by atoms with E-state index in [0.29, 0.717) is 29.9 Å². The molecule has 2 aliphatic heterocycles. The standard InChI is InChI=1S/C28H34N6O4/c1-20(35)29-22-12-9-13-23(18-22)30-28(32-26(37)21-10-3-2-4-11-21)31-24-14-5-6-17-34(27(24)38)19-25(36)33-15-7-8-16-33/h2-4,9-13,18,24H,5-8,14-17,19H2,1H3,(H,29,35)(H2,30,31,32,37). The Bertz CT molecular complexity index is 1190. The molecule has 4 rings (SSSR count). The maximum atomic E-state index is 13.5. The van der Waals surface area contributed by atoms with Crippen molar-refractivity contribution in [3.05, 3.63) is 60.2 Å². The molecule has 200 valence electrons. The largest absolute Gasteiger partial charge is 0.341 e. The molecule has 2 saturated heterocycles. The Hall–Kier alpha value is -4.21. The van der Waals surface area contributed by atoms with Crippen LogP contribution in [0.3, 0.4) is 0 Å². The lowest BCUT2D eigenvalue weighted by Gasteiger charge is -2.25. The van der Waals surface area contributed by atoms with Crippen molar-refractivity contribution in [1.82, 2.24) is 15.1 Å². The minimum absolute atomic E-state index is 0.0361. The van der Waals surface area contributed by atoms with E-state index in [1.807, 2.05) is 11.0 Å².